The molecule has 1 atom stereocenters. The number of hydrogen-bond acceptors (Lipinski definition) is 3. The van der Waals surface area contributed by atoms with Gasteiger partial charge in [-0.05, 0) is 57.2 Å². The molecule has 3 rings (SSSR count). The fourth-order valence-corrected chi connectivity index (χ4v) is 3.30. The van der Waals surface area contributed by atoms with Crippen molar-refractivity contribution in [2.24, 2.45) is 0 Å². The van der Waals surface area contributed by atoms with Crippen molar-refractivity contribution in [1.29, 1.82) is 0 Å². The Morgan fingerprint density at radius 2 is 2.12 bits per heavy atom. The van der Waals surface area contributed by atoms with Crippen LogP contribution in [0.2, 0.25) is 0 Å². The lowest BCUT2D eigenvalue weighted by Gasteiger charge is -2.33. The number of carbonyl (C=O) groups is 1. The quantitative estimate of drug-likeness (QED) is 0.839. The molecule has 0 radical (unpaired) electrons. The smallest absolute Gasteiger partial charge is 0.410 e. The predicted molar refractivity (Wildman–Crippen MR) is 102 cm³/mol. The summed E-state index contributed by atoms with van der Waals surface area (Å²) in [7, 11) is 0. The predicted octanol–water partition coefficient (Wildman–Crippen LogP) is 4.64. The molecule has 26 heavy (non-hydrogen) atoms. The molecule has 1 saturated heterocycles. The van der Waals surface area contributed by atoms with Crippen LogP contribution in [0.5, 0.6) is 0 Å². The molecule has 0 saturated carbocycles. The van der Waals surface area contributed by atoms with Gasteiger partial charge in [-0.3, -0.25) is 5.10 Å². The number of hydrogen-bond donors (Lipinski definition) is 2. The number of amides is 1. The second-order valence-corrected chi connectivity index (χ2v) is 8.48. The van der Waals surface area contributed by atoms with Crippen LogP contribution in [0.1, 0.15) is 70.6 Å². The van der Waals surface area contributed by atoms with Crippen molar-refractivity contribution in [1.82, 2.24) is 20.1 Å². The molecule has 1 aliphatic rings. The molecule has 6 nitrogen and oxygen atoms in total. The Kier molecular flexibility index (Phi) is 5.12. The molecule has 0 aliphatic carbocycles. The van der Waals surface area contributed by atoms with E-state index in [0.717, 1.165) is 36.5 Å². The van der Waals surface area contributed by atoms with Gasteiger partial charge < -0.3 is 14.6 Å². The standard InChI is InChI=1S/C20H30N4O2/c1-13(2)15-9-17(21-11-15)18-10-16(22-23-18)14-7-6-8-24(12-14)19(25)26-20(3,4)5/h9-11,13-14,21H,6-8,12H2,1-5H3,(H,22,23)/t14-/m0/s1. The van der Waals surface area contributed by atoms with Gasteiger partial charge in [-0.1, -0.05) is 13.8 Å². The monoisotopic (exact) mass is 358 g/mol. The molecule has 2 aromatic rings. The van der Waals surface area contributed by atoms with E-state index in [2.05, 4.69) is 41.2 Å². The number of piperidine rings is 1. The minimum Gasteiger partial charge on any atom is -0.444 e. The molecule has 3 heterocycles. The minimum atomic E-state index is -0.465. The van der Waals surface area contributed by atoms with Crippen molar-refractivity contribution in [2.45, 2.75) is 64.9 Å². The zero-order valence-electron chi connectivity index (χ0n) is 16.4. The van der Waals surface area contributed by atoms with E-state index >= 15 is 0 Å². The summed E-state index contributed by atoms with van der Waals surface area (Å²) in [6, 6.07) is 4.25. The van der Waals surface area contributed by atoms with Crippen LogP contribution in [0.25, 0.3) is 11.4 Å². The van der Waals surface area contributed by atoms with E-state index in [4.69, 9.17) is 4.74 Å². The third-order valence-electron chi connectivity index (χ3n) is 4.76. The molecule has 0 aromatic carbocycles. The highest BCUT2D eigenvalue weighted by Crippen LogP contribution is 2.29. The number of rotatable bonds is 3. The molecule has 2 aromatic heterocycles. The number of likely N-dealkylation sites (tertiary alicyclic amines) is 1. The topological polar surface area (TPSA) is 74.0 Å². The van der Waals surface area contributed by atoms with E-state index in [0.29, 0.717) is 12.5 Å². The first-order chi connectivity index (χ1) is 12.2. The van der Waals surface area contributed by atoms with E-state index in [1.165, 1.54) is 5.56 Å². The van der Waals surface area contributed by atoms with Crippen molar-refractivity contribution < 1.29 is 9.53 Å². The second kappa shape index (κ2) is 7.17. The van der Waals surface area contributed by atoms with Crippen molar-refractivity contribution in [3.05, 3.63) is 29.6 Å². The first-order valence-electron chi connectivity index (χ1n) is 9.45. The lowest BCUT2D eigenvalue weighted by molar-refractivity contribution is 0.0197. The number of ether oxygens (including phenoxy) is 1. The highest BCUT2D eigenvalue weighted by Gasteiger charge is 2.29. The van der Waals surface area contributed by atoms with E-state index in [9.17, 15) is 4.79 Å². The Morgan fingerprint density at radius 1 is 1.35 bits per heavy atom. The Morgan fingerprint density at radius 3 is 2.77 bits per heavy atom. The molecule has 0 unspecified atom stereocenters. The highest BCUT2D eigenvalue weighted by atomic mass is 16.6. The van der Waals surface area contributed by atoms with Gasteiger partial charge in [0.2, 0.25) is 0 Å². The summed E-state index contributed by atoms with van der Waals surface area (Å²) in [4.78, 5) is 17.5. The second-order valence-electron chi connectivity index (χ2n) is 8.48. The van der Waals surface area contributed by atoms with Crippen molar-refractivity contribution in [3.8, 4) is 11.4 Å². The number of nitrogens with one attached hydrogen (secondary N) is 2. The van der Waals surface area contributed by atoms with Crippen molar-refractivity contribution in [3.63, 3.8) is 0 Å². The summed E-state index contributed by atoms with van der Waals surface area (Å²) in [5.41, 5.74) is 3.83. The van der Waals surface area contributed by atoms with E-state index in [1.54, 1.807) is 0 Å². The normalized spacial score (nSPS) is 18.4. The molecular weight excluding hydrogens is 328 g/mol. The molecule has 6 heteroatoms. The summed E-state index contributed by atoms with van der Waals surface area (Å²) in [5.74, 6) is 0.746. The molecule has 2 N–H and O–H groups in total. The van der Waals surface area contributed by atoms with Gasteiger partial charge in [0.1, 0.15) is 11.3 Å². The molecule has 0 bridgehead atoms. The van der Waals surface area contributed by atoms with E-state index in [1.807, 2.05) is 31.9 Å². The summed E-state index contributed by atoms with van der Waals surface area (Å²) >= 11 is 0. The Bertz CT molecular complexity index is 754. The third kappa shape index (κ3) is 4.29. The first kappa shape index (κ1) is 18.5. The summed E-state index contributed by atoms with van der Waals surface area (Å²) in [6.07, 6.45) is 3.83. The van der Waals surface area contributed by atoms with Crippen molar-refractivity contribution in [2.75, 3.05) is 13.1 Å². The molecule has 1 amide bonds. The number of H-pyrrole nitrogens is 2. The maximum absolute atomic E-state index is 12.4. The highest BCUT2D eigenvalue weighted by molar-refractivity contribution is 5.68. The van der Waals surface area contributed by atoms with Gasteiger partial charge in [-0.25, -0.2) is 4.79 Å². The maximum Gasteiger partial charge on any atom is 0.410 e. The molecule has 1 fully saturated rings. The van der Waals surface area contributed by atoms with Gasteiger partial charge in [0.05, 0.1) is 5.69 Å². The van der Waals surface area contributed by atoms with Gasteiger partial charge in [-0.15, -0.1) is 0 Å². The van der Waals surface area contributed by atoms with Gasteiger partial charge >= 0.3 is 6.09 Å². The van der Waals surface area contributed by atoms with Crippen molar-refractivity contribution >= 4 is 6.09 Å². The van der Waals surface area contributed by atoms with E-state index < -0.39 is 5.60 Å². The molecular formula is C20H30N4O2. The Hall–Kier alpha value is -2.24. The number of nitrogens with zero attached hydrogens (tertiary/aromatic N) is 2. The van der Waals surface area contributed by atoms with Crippen LogP contribution >= 0.6 is 0 Å². The Balaban J connectivity index is 1.69. The fourth-order valence-electron chi connectivity index (χ4n) is 3.30. The number of carbonyl (C=O) groups excluding carboxylic acids is 1. The lowest BCUT2D eigenvalue weighted by atomic mass is 9.95. The summed E-state index contributed by atoms with van der Waals surface area (Å²) in [6.45, 7) is 11.5. The fraction of sp³-hybridized carbons (Fsp3) is 0.600. The maximum atomic E-state index is 12.4. The van der Waals surface area contributed by atoms with Crippen LogP contribution in [0, 0.1) is 0 Å². The lowest BCUT2D eigenvalue weighted by Crippen LogP contribution is -2.42. The molecule has 1 aliphatic heterocycles. The largest absolute Gasteiger partial charge is 0.444 e. The van der Waals surface area contributed by atoms with Crippen LogP contribution in [0.15, 0.2) is 18.3 Å². The Labute approximate surface area is 155 Å². The zero-order chi connectivity index (χ0) is 18.9. The summed E-state index contributed by atoms with van der Waals surface area (Å²) in [5, 5.41) is 7.64. The van der Waals surface area contributed by atoms with Crippen LogP contribution in [-0.2, 0) is 4.74 Å². The van der Waals surface area contributed by atoms with Crippen LogP contribution in [0.4, 0.5) is 4.79 Å². The van der Waals surface area contributed by atoms with Gasteiger partial charge in [-0.2, -0.15) is 5.10 Å². The molecule has 0 spiro atoms. The minimum absolute atomic E-state index is 0.229. The van der Waals surface area contributed by atoms with Gasteiger partial charge in [0.15, 0.2) is 0 Å². The SMILES string of the molecule is CC(C)c1c[nH]c(-c2cc([C@H]3CCCN(C(=O)OC(C)(C)C)C3)[nH]n2)c1. The average molecular weight is 358 g/mol. The van der Waals surface area contributed by atoms with Crippen LogP contribution < -0.4 is 0 Å². The van der Waals surface area contributed by atoms with Crippen LogP contribution in [0.3, 0.4) is 0 Å². The third-order valence-corrected chi connectivity index (χ3v) is 4.76. The summed E-state index contributed by atoms with van der Waals surface area (Å²) < 4.78 is 5.52. The molecule has 142 valence electrons. The van der Waals surface area contributed by atoms with E-state index in [-0.39, 0.29) is 12.0 Å². The first-order valence-corrected chi connectivity index (χ1v) is 9.45. The van der Waals surface area contributed by atoms with Gasteiger partial charge in [0, 0.05) is 30.9 Å². The zero-order valence-corrected chi connectivity index (χ0v) is 16.4. The average Bonchev–Trinajstić information content (AvgIpc) is 3.22. The number of aromatic amines is 2. The van der Waals surface area contributed by atoms with Gasteiger partial charge in [0.25, 0.3) is 0 Å². The van der Waals surface area contributed by atoms with Crippen LogP contribution in [-0.4, -0.2) is 44.9 Å². The number of aromatic nitrogens is 3.